The molecule has 4 nitrogen and oxygen atoms in total. The molecule has 0 saturated carbocycles. The number of phenols is 1. The van der Waals surface area contributed by atoms with Gasteiger partial charge in [0.25, 0.3) is 0 Å². The van der Waals surface area contributed by atoms with Crippen LogP contribution in [0.5, 0.6) is 5.75 Å². The minimum atomic E-state index is -0.983. The molecule has 0 fully saturated rings. The van der Waals surface area contributed by atoms with Crippen LogP contribution in [0.3, 0.4) is 0 Å². The molecule has 0 aromatic heterocycles. The fourth-order valence-corrected chi connectivity index (χ4v) is 1.01. The summed E-state index contributed by atoms with van der Waals surface area (Å²) < 4.78 is 0. The van der Waals surface area contributed by atoms with Crippen LogP contribution in [0.15, 0.2) is 18.2 Å². The van der Waals surface area contributed by atoms with Gasteiger partial charge < -0.3 is 15.3 Å². The van der Waals surface area contributed by atoms with Gasteiger partial charge in [0.05, 0.1) is 6.61 Å². The van der Waals surface area contributed by atoms with Crippen molar-refractivity contribution in [3.8, 4) is 17.6 Å². The Labute approximate surface area is 86.8 Å². The van der Waals surface area contributed by atoms with Gasteiger partial charge in [-0.3, -0.25) is 4.79 Å². The van der Waals surface area contributed by atoms with Gasteiger partial charge in [0.1, 0.15) is 12.2 Å². The van der Waals surface area contributed by atoms with Gasteiger partial charge in [-0.2, -0.15) is 0 Å². The van der Waals surface area contributed by atoms with Crippen LogP contribution in [0.1, 0.15) is 17.5 Å². The van der Waals surface area contributed by atoms with Crippen LogP contribution in [0.2, 0.25) is 0 Å². The molecule has 0 radical (unpaired) electrons. The van der Waals surface area contributed by atoms with Gasteiger partial charge in [-0.1, -0.05) is 11.8 Å². The molecule has 1 rings (SSSR count). The molecule has 15 heavy (non-hydrogen) atoms. The Bertz CT molecular complexity index is 426. The lowest BCUT2D eigenvalue weighted by molar-refractivity contribution is -0.135. The quantitative estimate of drug-likeness (QED) is 0.623. The molecule has 0 unspecified atom stereocenters. The summed E-state index contributed by atoms with van der Waals surface area (Å²) in [7, 11) is 0. The number of carboxylic acid groups (broad SMARTS) is 1. The van der Waals surface area contributed by atoms with Crippen molar-refractivity contribution >= 4 is 5.97 Å². The fraction of sp³-hybridized carbons (Fsp3) is 0.182. The molecule has 4 heteroatoms. The normalized spacial score (nSPS) is 9.13. The second kappa shape index (κ2) is 5.03. The number of carboxylic acids is 1. The third-order valence-corrected chi connectivity index (χ3v) is 1.72. The first kappa shape index (κ1) is 11.1. The van der Waals surface area contributed by atoms with Crippen LogP contribution in [0.25, 0.3) is 0 Å². The number of aliphatic hydroxyl groups excluding tert-OH is 1. The lowest BCUT2D eigenvalue weighted by atomic mass is 10.1. The molecule has 0 aliphatic rings. The number of hydrogen-bond acceptors (Lipinski definition) is 3. The molecule has 1 aromatic rings. The summed E-state index contributed by atoms with van der Waals surface area (Å²) in [4.78, 5) is 10.2. The Morgan fingerprint density at radius 1 is 1.40 bits per heavy atom. The largest absolute Gasteiger partial charge is 0.508 e. The molecule has 0 bridgehead atoms. The highest BCUT2D eigenvalue weighted by molar-refractivity contribution is 5.70. The van der Waals surface area contributed by atoms with Crippen LogP contribution in [-0.4, -0.2) is 21.3 Å². The van der Waals surface area contributed by atoms with Crippen molar-refractivity contribution in [1.29, 1.82) is 0 Å². The summed E-state index contributed by atoms with van der Waals surface area (Å²) in [6, 6.07) is 4.49. The molecule has 3 N–H and O–H groups in total. The zero-order chi connectivity index (χ0) is 11.3. The molecular formula is C11H10O4. The Morgan fingerprint density at radius 3 is 2.73 bits per heavy atom. The van der Waals surface area contributed by atoms with Crippen LogP contribution >= 0.6 is 0 Å². The zero-order valence-electron chi connectivity index (χ0n) is 7.90. The average molecular weight is 206 g/mol. The minimum absolute atomic E-state index is 0.00119. The van der Waals surface area contributed by atoms with E-state index in [0.717, 1.165) is 0 Å². The molecule has 1 aromatic carbocycles. The average Bonchev–Trinajstić information content (AvgIpc) is 2.20. The number of benzene rings is 1. The first-order valence-electron chi connectivity index (χ1n) is 4.27. The lowest BCUT2D eigenvalue weighted by Gasteiger charge is -2.00. The van der Waals surface area contributed by atoms with Gasteiger partial charge in [0, 0.05) is 11.1 Å². The van der Waals surface area contributed by atoms with Crippen molar-refractivity contribution in [2.45, 2.75) is 13.0 Å². The maximum absolute atomic E-state index is 10.2. The lowest BCUT2D eigenvalue weighted by Crippen LogP contribution is -1.90. The minimum Gasteiger partial charge on any atom is -0.508 e. The third-order valence-electron chi connectivity index (χ3n) is 1.72. The van der Waals surface area contributed by atoms with E-state index in [1.165, 1.54) is 12.1 Å². The standard InChI is InChI=1S/C11H10O4/c12-7-9-6-8(4-5-10(9)13)2-1-3-11(14)15/h4-6,12-13H,3,7H2,(H,14,15). The predicted molar refractivity (Wildman–Crippen MR) is 53.2 cm³/mol. The van der Waals surface area contributed by atoms with Crippen molar-refractivity contribution in [2.24, 2.45) is 0 Å². The van der Waals surface area contributed by atoms with E-state index >= 15 is 0 Å². The summed E-state index contributed by atoms with van der Waals surface area (Å²) in [6.07, 6.45) is -0.227. The van der Waals surface area contributed by atoms with E-state index in [9.17, 15) is 9.90 Å². The Balaban J connectivity index is 2.85. The molecule has 0 saturated heterocycles. The summed E-state index contributed by atoms with van der Waals surface area (Å²) in [5.41, 5.74) is 0.940. The van der Waals surface area contributed by atoms with Crippen molar-refractivity contribution in [2.75, 3.05) is 0 Å². The van der Waals surface area contributed by atoms with Gasteiger partial charge in [-0.25, -0.2) is 0 Å². The summed E-state index contributed by atoms with van der Waals surface area (Å²) in [5, 5.41) is 26.5. The van der Waals surface area contributed by atoms with Crippen molar-refractivity contribution < 1.29 is 20.1 Å². The van der Waals surface area contributed by atoms with E-state index in [0.29, 0.717) is 11.1 Å². The highest BCUT2D eigenvalue weighted by atomic mass is 16.4. The van der Waals surface area contributed by atoms with Gasteiger partial charge in [-0.15, -0.1) is 0 Å². The summed E-state index contributed by atoms with van der Waals surface area (Å²) in [6.45, 7) is -0.277. The van der Waals surface area contributed by atoms with Crippen LogP contribution < -0.4 is 0 Å². The zero-order valence-corrected chi connectivity index (χ0v) is 7.90. The number of carbonyl (C=O) groups is 1. The topological polar surface area (TPSA) is 77.8 Å². The number of aromatic hydroxyl groups is 1. The Kier molecular flexibility index (Phi) is 3.72. The van der Waals surface area contributed by atoms with Crippen LogP contribution in [0.4, 0.5) is 0 Å². The first-order chi connectivity index (χ1) is 7.13. The predicted octanol–water partition coefficient (Wildman–Crippen LogP) is 0.711. The number of hydrogen-bond donors (Lipinski definition) is 3. The van der Waals surface area contributed by atoms with E-state index in [2.05, 4.69) is 11.8 Å². The van der Waals surface area contributed by atoms with Crippen molar-refractivity contribution in [3.05, 3.63) is 29.3 Å². The second-order valence-corrected chi connectivity index (χ2v) is 2.87. The maximum atomic E-state index is 10.2. The molecule has 0 amide bonds. The van der Waals surface area contributed by atoms with E-state index in [-0.39, 0.29) is 18.8 Å². The van der Waals surface area contributed by atoms with E-state index in [1.54, 1.807) is 6.07 Å². The van der Waals surface area contributed by atoms with Gasteiger partial charge in [-0.05, 0) is 18.2 Å². The molecule has 0 aliphatic heterocycles. The van der Waals surface area contributed by atoms with Gasteiger partial charge in [0.2, 0.25) is 0 Å². The number of rotatable bonds is 2. The highest BCUT2D eigenvalue weighted by Gasteiger charge is 1.99. The summed E-state index contributed by atoms with van der Waals surface area (Å²) >= 11 is 0. The molecule has 0 heterocycles. The van der Waals surface area contributed by atoms with Gasteiger partial charge >= 0.3 is 5.97 Å². The van der Waals surface area contributed by atoms with Crippen LogP contribution in [0, 0.1) is 11.8 Å². The molecule has 0 aliphatic carbocycles. The Morgan fingerprint density at radius 2 is 2.13 bits per heavy atom. The fourth-order valence-electron chi connectivity index (χ4n) is 1.01. The maximum Gasteiger partial charge on any atom is 0.315 e. The number of aliphatic hydroxyl groups is 1. The molecule has 0 spiro atoms. The molecule has 0 atom stereocenters. The van der Waals surface area contributed by atoms with E-state index < -0.39 is 5.97 Å². The molecular weight excluding hydrogens is 196 g/mol. The van der Waals surface area contributed by atoms with Gasteiger partial charge in [0.15, 0.2) is 0 Å². The SMILES string of the molecule is O=C(O)CC#Cc1ccc(O)c(CO)c1. The molecule has 78 valence electrons. The highest BCUT2D eigenvalue weighted by Crippen LogP contribution is 2.17. The third kappa shape index (κ3) is 3.33. The van der Waals surface area contributed by atoms with Crippen molar-refractivity contribution in [1.82, 2.24) is 0 Å². The van der Waals surface area contributed by atoms with Crippen molar-refractivity contribution in [3.63, 3.8) is 0 Å². The monoisotopic (exact) mass is 206 g/mol. The van der Waals surface area contributed by atoms with Crippen LogP contribution in [-0.2, 0) is 11.4 Å². The smallest absolute Gasteiger partial charge is 0.315 e. The van der Waals surface area contributed by atoms with E-state index in [4.69, 9.17) is 10.2 Å². The second-order valence-electron chi connectivity index (χ2n) is 2.87. The van der Waals surface area contributed by atoms with E-state index in [1.807, 2.05) is 0 Å². The summed E-state index contributed by atoms with van der Waals surface area (Å²) in [5.74, 6) is 4.10. The number of aliphatic carboxylic acids is 1. The Hall–Kier alpha value is -1.99. The first-order valence-corrected chi connectivity index (χ1v) is 4.27.